The second-order valence-electron chi connectivity index (χ2n) is 2.83. The van der Waals surface area contributed by atoms with Crippen molar-refractivity contribution in [3.8, 4) is 0 Å². The summed E-state index contributed by atoms with van der Waals surface area (Å²) < 4.78 is 13.2. The summed E-state index contributed by atoms with van der Waals surface area (Å²) in [7, 11) is 0. The molecule has 1 aromatic heterocycles. The molecule has 1 nitrogen and oxygen atoms in total. The Morgan fingerprint density at radius 2 is 2.25 bits per heavy atom. The Balaban J connectivity index is 2.83. The molecule has 1 N–H and O–H groups in total. The van der Waals surface area contributed by atoms with Gasteiger partial charge in [0.15, 0.2) is 0 Å². The number of H-pyrrole nitrogens is 1. The van der Waals surface area contributed by atoms with Gasteiger partial charge in [0, 0.05) is 17.1 Å². The first-order valence-electron chi connectivity index (χ1n) is 4.07. The van der Waals surface area contributed by atoms with Crippen LogP contribution in [-0.2, 0) is 6.42 Å². The van der Waals surface area contributed by atoms with Gasteiger partial charge in [0.1, 0.15) is 5.82 Å². The Kier molecular flexibility index (Phi) is 1.61. The van der Waals surface area contributed by atoms with Crippen LogP contribution in [0.3, 0.4) is 0 Å². The van der Waals surface area contributed by atoms with E-state index >= 15 is 0 Å². The minimum atomic E-state index is -0.134. The monoisotopic (exact) mass is 163 g/mol. The van der Waals surface area contributed by atoms with E-state index in [1.54, 1.807) is 6.07 Å². The summed E-state index contributed by atoms with van der Waals surface area (Å²) in [6, 6.07) is 5.10. The van der Waals surface area contributed by atoms with E-state index in [1.165, 1.54) is 6.07 Å². The summed E-state index contributed by atoms with van der Waals surface area (Å²) in [5, 5.41) is 0.736. The molecule has 0 radical (unpaired) electrons. The minimum Gasteiger partial charge on any atom is -0.361 e. The van der Waals surface area contributed by atoms with Crippen LogP contribution in [0.1, 0.15) is 12.5 Å². The Hall–Kier alpha value is -1.31. The van der Waals surface area contributed by atoms with E-state index in [0.717, 1.165) is 22.9 Å². The molecule has 0 bridgehead atoms. The lowest BCUT2D eigenvalue weighted by molar-refractivity contribution is 0.639. The van der Waals surface area contributed by atoms with Gasteiger partial charge < -0.3 is 4.98 Å². The van der Waals surface area contributed by atoms with E-state index in [0.29, 0.717) is 0 Å². The SMILES string of the molecule is CCc1c[nH]c2cccc(F)c12. The Morgan fingerprint density at radius 1 is 1.42 bits per heavy atom. The fraction of sp³-hybridized carbons (Fsp3) is 0.200. The summed E-state index contributed by atoms with van der Waals surface area (Å²) in [4.78, 5) is 3.04. The molecule has 1 heterocycles. The molecule has 0 saturated carbocycles. The number of aromatic nitrogens is 1. The summed E-state index contributed by atoms with van der Waals surface area (Å²) in [6.45, 7) is 2.02. The van der Waals surface area contributed by atoms with Gasteiger partial charge in [0.25, 0.3) is 0 Å². The number of halogens is 1. The second-order valence-corrected chi connectivity index (χ2v) is 2.83. The van der Waals surface area contributed by atoms with Gasteiger partial charge in [0.05, 0.1) is 0 Å². The van der Waals surface area contributed by atoms with Crippen LogP contribution in [0.4, 0.5) is 4.39 Å². The van der Waals surface area contributed by atoms with Gasteiger partial charge in [-0.05, 0) is 24.1 Å². The average molecular weight is 163 g/mol. The van der Waals surface area contributed by atoms with Gasteiger partial charge in [-0.25, -0.2) is 4.39 Å². The van der Waals surface area contributed by atoms with E-state index in [9.17, 15) is 4.39 Å². The molecule has 0 amide bonds. The molecule has 0 aliphatic heterocycles. The van der Waals surface area contributed by atoms with Crippen molar-refractivity contribution in [3.63, 3.8) is 0 Å². The maximum atomic E-state index is 13.2. The van der Waals surface area contributed by atoms with Crippen molar-refractivity contribution in [1.82, 2.24) is 4.98 Å². The first-order valence-corrected chi connectivity index (χ1v) is 4.07. The van der Waals surface area contributed by atoms with E-state index in [-0.39, 0.29) is 5.82 Å². The molecule has 0 aliphatic rings. The van der Waals surface area contributed by atoms with Crippen LogP contribution in [0.25, 0.3) is 10.9 Å². The molecule has 0 unspecified atom stereocenters. The molecule has 0 aliphatic carbocycles. The summed E-state index contributed by atoms with van der Waals surface area (Å²) in [6.07, 6.45) is 2.73. The van der Waals surface area contributed by atoms with Gasteiger partial charge in [-0.1, -0.05) is 13.0 Å². The molecule has 2 rings (SSSR count). The number of fused-ring (bicyclic) bond motifs is 1. The van der Waals surface area contributed by atoms with Crippen molar-refractivity contribution >= 4 is 10.9 Å². The van der Waals surface area contributed by atoms with E-state index in [1.807, 2.05) is 19.2 Å². The minimum absolute atomic E-state index is 0.134. The van der Waals surface area contributed by atoms with Crippen molar-refractivity contribution in [2.24, 2.45) is 0 Å². The molecule has 2 heteroatoms. The van der Waals surface area contributed by atoms with E-state index < -0.39 is 0 Å². The summed E-state index contributed by atoms with van der Waals surface area (Å²) >= 11 is 0. The van der Waals surface area contributed by atoms with Crippen molar-refractivity contribution < 1.29 is 4.39 Å². The Bertz CT molecular complexity index is 403. The van der Waals surface area contributed by atoms with Crippen LogP contribution in [0.5, 0.6) is 0 Å². The highest BCUT2D eigenvalue weighted by molar-refractivity contribution is 5.83. The van der Waals surface area contributed by atoms with Gasteiger partial charge in [0.2, 0.25) is 0 Å². The zero-order valence-electron chi connectivity index (χ0n) is 6.89. The second kappa shape index (κ2) is 2.63. The molecule has 0 fully saturated rings. The first-order chi connectivity index (χ1) is 5.83. The highest BCUT2D eigenvalue weighted by atomic mass is 19.1. The number of aryl methyl sites for hydroxylation is 1. The zero-order valence-corrected chi connectivity index (χ0v) is 6.89. The summed E-state index contributed by atoms with van der Waals surface area (Å²) in [5.74, 6) is -0.134. The highest BCUT2D eigenvalue weighted by Crippen LogP contribution is 2.21. The molecular formula is C10H10FN. The Labute approximate surface area is 70.2 Å². The molecule has 0 atom stereocenters. The lowest BCUT2D eigenvalue weighted by Gasteiger charge is -1.94. The van der Waals surface area contributed by atoms with E-state index in [2.05, 4.69) is 4.98 Å². The maximum Gasteiger partial charge on any atom is 0.132 e. The zero-order chi connectivity index (χ0) is 8.55. The van der Waals surface area contributed by atoms with Crippen LogP contribution < -0.4 is 0 Å². The number of benzene rings is 1. The van der Waals surface area contributed by atoms with Gasteiger partial charge >= 0.3 is 0 Å². The predicted molar refractivity (Wildman–Crippen MR) is 47.6 cm³/mol. The third kappa shape index (κ3) is 0.916. The lowest BCUT2D eigenvalue weighted by atomic mass is 10.1. The molecular weight excluding hydrogens is 153 g/mol. The Morgan fingerprint density at radius 3 is 3.00 bits per heavy atom. The molecule has 1 aromatic carbocycles. The van der Waals surface area contributed by atoms with Crippen molar-refractivity contribution in [1.29, 1.82) is 0 Å². The maximum absolute atomic E-state index is 13.2. The molecule has 0 saturated heterocycles. The third-order valence-corrected chi connectivity index (χ3v) is 2.12. The first kappa shape index (κ1) is 7.35. The third-order valence-electron chi connectivity index (χ3n) is 2.12. The van der Waals surface area contributed by atoms with Gasteiger partial charge in [-0.2, -0.15) is 0 Å². The molecule has 0 spiro atoms. The number of hydrogen-bond acceptors (Lipinski definition) is 0. The van der Waals surface area contributed by atoms with Crippen LogP contribution in [0, 0.1) is 5.82 Å². The standard InChI is InChI=1S/C10H10FN/c1-2-7-6-12-9-5-3-4-8(11)10(7)9/h3-6,12H,2H2,1H3. The predicted octanol–water partition coefficient (Wildman–Crippen LogP) is 2.87. The number of rotatable bonds is 1. The van der Waals surface area contributed by atoms with Crippen LogP contribution in [0.15, 0.2) is 24.4 Å². The molecule has 12 heavy (non-hydrogen) atoms. The molecule has 62 valence electrons. The average Bonchev–Trinajstić information content (AvgIpc) is 2.49. The smallest absolute Gasteiger partial charge is 0.132 e. The van der Waals surface area contributed by atoms with Crippen LogP contribution in [0.2, 0.25) is 0 Å². The van der Waals surface area contributed by atoms with Crippen molar-refractivity contribution in [2.45, 2.75) is 13.3 Å². The van der Waals surface area contributed by atoms with E-state index in [4.69, 9.17) is 0 Å². The van der Waals surface area contributed by atoms with Gasteiger partial charge in [-0.3, -0.25) is 0 Å². The number of aromatic amines is 1. The van der Waals surface area contributed by atoms with Crippen LogP contribution in [-0.4, -0.2) is 4.98 Å². The quantitative estimate of drug-likeness (QED) is 0.665. The van der Waals surface area contributed by atoms with Gasteiger partial charge in [-0.15, -0.1) is 0 Å². The molecule has 2 aromatic rings. The lowest BCUT2D eigenvalue weighted by Crippen LogP contribution is -1.79. The largest absolute Gasteiger partial charge is 0.361 e. The fourth-order valence-corrected chi connectivity index (χ4v) is 1.49. The van der Waals surface area contributed by atoms with Crippen molar-refractivity contribution in [3.05, 3.63) is 35.8 Å². The number of nitrogens with one attached hydrogen (secondary N) is 1. The summed E-state index contributed by atoms with van der Waals surface area (Å²) in [5.41, 5.74) is 1.93. The number of hydrogen-bond donors (Lipinski definition) is 1. The normalized spacial score (nSPS) is 10.8. The fourth-order valence-electron chi connectivity index (χ4n) is 1.49. The van der Waals surface area contributed by atoms with Crippen molar-refractivity contribution in [2.75, 3.05) is 0 Å². The topological polar surface area (TPSA) is 15.8 Å². The highest BCUT2D eigenvalue weighted by Gasteiger charge is 2.05. The van der Waals surface area contributed by atoms with Crippen LogP contribution >= 0.6 is 0 Å².